The topological polar surface area (TPSA) is 58.2 Å². The van der Waals surface area contributed by atoms with Crippen molar-refractivity contribution in [2.45, 2.75) is 120 Å². The van der Waals surface area contributed by atoms with Gasteiger partial charge in [0.1, 0.15) is 0 Å². The molecule has 2 unspecified atom stereocenters. The van der Waals surface area contributed by atoms with Crippen molar-refractivity contribution >= 4 is 57.9 Å². The number of benzene rings is 4. The Morgan fingerprint density at radius 1 is 0.567 bits per heavy atom. The van der Waals surface area contributed by atoms with Crippen molar-refractivity contribution in [1.29, 1.82) is 0 Å². The molecule has 6 rings (SSSR count). The number of fused-ring (bicyclic) bond motifs is 2. The van der Waals surface area contributed by atoms with E-state index in [1.165, 1.54) is 86.4 Å². The summed E-state index contributed by atoms with van der Waals surface area (Å²) in [5.41, 5.74) is 11.4. The Bertz CT molecular complexity index is 2050. The van der Waals surface area contributed by atoms with Gasteiger partial charge in [0.25, 0.3) is 0 Å². The van der Waals surface area contributed by atoms with Crippen molar-refractivity contribution in [1.82, 2.24) is 10.5 Å². The zero-order valence-electron chi connectivity index (χ0n) is 37.6. The van der Waals surface area contributed by atoms with Crippen LogP contribution in [0.4, 0.5) is 0 Å². The molecule has 6 aromatic carbocycles. The summed E-state index contributed by atoms with van der Waals surface area (Å²) in [5.74, 6) is 2.38. The van der Waals surface area contributed by atoms with Gasteiger partial charge in [-0.1, -0.05) is 154 Å². The van der Waals surface area contributed by atoms with E-state index >= 15 is 0 Å². The van der Waals surface area contributed by atoms with Crippen LogP contribution in [0.1, 0.15) is 129 Å². The van der Waals surface area contributed by atoms with Gasteiger partial charge >= 0.3 is 45.4 Å². The fraction of sp³-hybridized carbons (Fsp3) is 0.385. The van der Waals surface area contributed by atoms with Crippen molar-refractivity contribution in [3.63, 3.8) is 0 Å². The third-order valence-electron chi connectivity index (χ3n) is 10.9. The predicted molar refractivity (Wildman–Crippen MR) is 259 cm³/mol. The van der Waals surface area contributed by atoms with E-state index < -0.39 is 20.8 Å². The first-order valence-corrected chi connectivity index (χ1v) is 28.1. The third-order valence-corrected chi connectivity index (χ3v) is 10.9. The van der Waals surface area contributed by atoms with Crippen LogP contribution in [0, 0.1) is 11.8 Å². The summed E-state index contributed by atoms with van der Waals surface area (Å²) in [6.07, 6.45) is 5.47. The molecular weight excluding hydrogens is 858 g/mol. The molecule has 2 atom stereocenters. The second-order valence-electron chi connectivity index (χ2n) is 16.4. The van der Waals surface area contributed by atoms with Crippen molar-refractivity contribution < 1.29 is 30.4 Å². The quantitative estimate of drug-likeness (QED) is 0.0845. The maximum absolute atomic E-state index is 10.6. The fourth-order valence-corrected chi connectivity index (χ4v) is 7.23. The third kappa shape index (κ3) is 15.5. The molecule has 8 heteroatoms. The van der Waals surface area contributed by atoms with Gasteiger partial charge in [-0.25, -0.2) is 0 Å². The Kier molecular flexibility index (Phi) is 22.7. The molecular formula is C52H66BCl2N2O2Zr. The van der Waals surface area contributed by atoms with Gasteiger partial charge in [0.05, 0.1) is 0 Å². The number of hydrogen-bond donors (Lipinski definition) is 2. The summed E-state index contributed by atoms with van der Waals surface area (Å²) in [6.45, 7) is 21.8. The molecule has 0 bridgehead atoms. The zero-order valence-corrected chi connectivity index (χ0v) is 41.6. The van der Waals surface area contributed by atoms with Crippen LogP contribution >= 0.6 is 17.0 Å². The van der Waals surface area contributed by atoms with E-state index in [4.69, 9.17) is 17.0 Å². The van der Waals surface area contributed by atoms with Crippen LogP contribution in [0.15, 0.2) is 109 Å². The van der Waals surface area contributed by atoms with Crippen LogP contribution in [0.2, 0.25) is 0 Å². The minimum atomic E-state index is -0.826. The SMILES string of the molecule is CCC(=O)N[B]NC(=O)CC.CCC(C)c1cc2c(-c3ccccc3CC(C)C)cccc2[cH-]1.CCC(C)c1cc2c(-c3ccccc3CC(C)C)cccc2[cH-]1.[Cl][Zr+2][Cl]. The molecule has 0 spiro atoms. The van der Waals surface area contributed by atoms with Crippen molar-refractivity contribution in [2.24, 2.45) is 11.8 Å². The summed E-state index contributed by atoms with van der Waals surface area (Å²) in [6, 6.07) is 40.8. The summed E-state index contributed by atoms with van der Waals surface area (Å²) < 4.78 is 0. The number of carbonyl (C=O) groups excluding carboxylic acids is 2. The average molecular weight is 924 g/mol. The predicted octanol–water partition coefficient (Wildman–Crippen LogP) is 14.8. The summed E-state index contributed by atoms with van der Waals surface area (Å²) in [4.78, 5) is 21.2. The Labute approximate surface area is 381 Å². The Morgan fingerprint density at radius 3 is 1.25 bits per heavy atom. The first kappa shape index (κ1) is 50.9. The van der Waals surface area contributed by atoms with Crippen LogP contribution in [-0.4, -0.2) is 19.4 Å². The molecule has 0 aliphatic rings. The number of carbonyl (C=O) groups is 2. The van der Waals surface area contributed by atoms with Gasteiger partial charge in [0, 0.05) is 12.8 Å². The summed E-state index contributed by atoms with van der Waals surface area (Å²) in [7, 11) is 11.1. The molecule has 0 aromatic heterocycles. The molecule has 6 aromatic rings. The average Bonchev–Trinajstić information content (AvgIpc) is 3.89. The molecule has 2 amide bonds. The number of amides is 2. The van der Waals surface area contributed by atoms with Crippen LogP contribution in [0.5, 0.6) is 0 Å². The first-order chi connectivity index (χ1) is 28.8. The van der Waals surface area contributed by atoms with Crippen molar-refractivity contribution in [2.75, 3.05) is 0 Å². The van der Waals surface area contributed by atoms with Crippen molar-refractivity contribution in [3.05, 3.63) is 131 Å². The molecule has 0 saturated heterocycles. The second kappa shape index (κ2) is 26.8. The van der Waals surface area contributed by atoms with E-state index in [0.29, 0.717) is 36.5 Å². The Hall–Kier alpha value is -3.43. The van der Waals surface area contributed by atoms with Gasteiger partial charge in [0.15, 0.2) is 0 Å². The molecule has 1 radical (unpaired) electrons. The Balaban J connectivity index is 0.000000247. The summed E-state index contributed by atoms with van der Waals surface area (Å²) >= 11 is -0.826. The van der Waals surface area contributed by atoms with Gasteiger partial charge in [-0.3, -0.25) is 9.59 Å². The fourth-order valence-electron chi connectivity index (χ4n) is 7.23. The van der Waals surface area contributed by atoms with E-state index in [1.807, 2.05) is 0 Å². The molecule has 0 saturated carbocycles. The molecule has 0 heterocycles. The van der Waals surface area contributed by atoms with Crippen molar-refractivity contribution in [3.8, 4) is 22.3 Å². The van der Waals surface area contributed by atoms with Gasteiger partial charge in [0.2, 0.25) is 11.8 Å². The Morgan fingerprint density at radius 2 is 0.917 bits per heavy atom. The molecule has 0 aliphatic carbocycles. The van der Waals surface area contributed by atoms with E-state index in [2.05, 4.69) is 175 Å². The van der Waals surface area contributed by atoms with Crippen LogP contribution in [0.25, 0.3) is 43.8 Å². The summed E-state index contributed by atoms with van der Waals surface area (Å²) in [5, 5.41) is 10.4. The molecule has 0 aliphatic heterocycles. The van der Waals surface area contributed by atoms with E-state index in [9.17, 15) is 9.59 Å². The first-order valence-electron chi connectivity index (χ1n) is 21.7. The van der Waals surface area contributed by atoms with E-state index in [0.717, 1.165) is 12.8 Å². The molecule has 0 fully saturated rings. The number of nitrogens with one attached hydrogen (secondary N) is 2. The number of rotatable bonds is 14. The van der Waals surface area contributed by atoms with Crippen LogP contribution < -0.4 is 10.5 Å². The molecule has 60 heavy (non-hydrogen) atoms. The normalized spacial score (nSPS) is 11.6. The zero-order chi connectivity index (χ0) is 44.2. The van der Waals surface area contributed by atoms with E-state index in [1.54, 1.807) is 13.8 Å². The maximum atomic E-state index is 10.6. The van der Waals surface area contributed by atoms with Gasteiger partial charge in [-0.05, 0) is 58.8 Å². The molecule has 2 N–H and O–H groups in total. The van der Waals surface area contributed by atoms with Gasteiger partial charge in [-0.15, -0.1) is 69.1 Å². The monoisotopic (exact) mass is 921 g/mol. The molecule has 4 nitrogen and oxygen atoms in total. The second-order valence-corrected chi connectivity index (χ2v) is 20.1. The van der Waals surface area contributed by atoms with Gasteiger partial charge < -0.3 is 10.5 Å². The van der Waals surface area contributed by atoms with Crippen LogP contribution in [0.3, 0.4) is 0 Å². The van der Waals surface area contributed by atoms with Crippen LogP contribution in [-0.2, 0) is 43.3 Å². The standard InChI is InChI=1S/2C23H27.C6H12BN2O2.2ClH.Zr/c2*1-5-17(4)20-14-19-10-8-12-22(23(19)15-20)21-11-7-6-9-18(21)13-16(2)3;1-3-5(10)8-7-9-6(11)4-2;;;/h2*6-12,14-17H,5,13H2,1-4H3;3-4H2,1-2H3,(H,8,10)(H,9,11);2*1H;/q2*-1;;;;+4/p-2. The molecule has 317 valence electrons. The number of halogens is 2. The number of hydrogen-bond acceptors (Lipinski definition) is 2. The van der Waals surface area contributed by atoms with Gasteiger partial charge in [-0.2, -0.15) is 12.1 Å². The van der Waals surface area contributed by atoms with E-state index in [-0.39, 0.29) is 11.8 Å². The minimum absolute atomic E-state index is 0.110.